The molecule has 2 heterocycles. The maximum absolute atomic E-state index is 13.2. The van der Waals surface area contributed by atoms with E-state index in [4.69, 9.17) is 0 Å². The SMILES string of the molecule is Cc1cn2c(/C=C/C(=O)NCc3ccc(F)c(C)c3)c(C)nc2s1. The van der Waals surface area contributed by atoms with Gasteiger partial charge in [0.2, 0.25) is 5.91 Å². The Hall–Kier alpha value is -2.47. The molecule has 0 unspecified atom stereocenters. The van der Waals surface area contributed by atoms with Crippen LogP contribution in [-0.4, -0.2) is 15.3 Å². The molecule has 1 N–H and O–H groups in total. The predicted octanol–water partition coefficient (Wildman–Crippen LogP) is 3.79. The predicted molar refractivity (Wildman–Crippen MR) is 94.6 cm³/mol. The van der Waals surface area contributed by atoms with E-state index in [1.54, 1.807) is 36.5 Å². The molecule has 0 bridgehead atoms. The van der Waals surface area contributed by atoms with Gasteiger partial charge in [0, 0.05) is 23.7 Å². The number of aromatic nitrogens is 2. The van der Waals surface area contributed by atoms with Crippen LogP contribution >= 0.6 is 11.3 Å². The molecule has 3 rings (SSSR count). The van der Waals surface area contributed by atoms with Crippen LogP contribution < -0.4 is 5.32 Å². The number of benzene rings is 1. The van der Waals surface area contributed by atoms with E-state index >= 15 is 0 Å². The van der Waals surface area contributed by atoms with E-state index in [1.807, 2.05) is 24.4 Å². The Balaban J connectivity index is 1.68. The Bertz CT molecular complexity index is 939. The van der Waals surface area contributed by atoms with Crippen molar-refractivity contribution in [1.82, 2.24) is 14.7 Å². The van der Waals surface area contributed by atoms with Crippen LogP contribution in [-0.2, 0) is 11.3 Å². The van der Waals surface area contributed by atoms with Gasteiger partial charge in [-0.15, -0.1) is 11.3 Å². The molecule has 0 atom stereocenters. The van der Waals surface area contributed by atoms with Gasteiger partial charge in [0.15, 0.2) is 4.96 Å². The number of halogens is 1. The van der Waals surface area contributed by atoms with Gasteiger partial charge in [-0.3, -0.25) is 9.20 Å². The van der Waals surface area contributed by atoms with E-state index in [1.165, 1.54) is 17.0 Å². The third kappa shape index (κ3) is 3.38. The highest BCUT2D eigenvalue weighted by molar-refractivity contribution is 7.17. The smallest absolute Gasteiger partial charge is 0.244 e. The quantitative estimate of drug-likeness (QED) is 0.733. The van der Waals surface area contributed by atoms with Crippen molar-refractivity contribution in [3.63, 3.8) is 0 Å². The van der Waals surface area contributed by atoms with Crippen LogP contribution in [0.5, 0.6) is 0 Å². The fourth-order valence-electron chi connectivity index (χ4n) is 2.50. The molecule has 1 aromatic carbocycles. The van der Waals surface area contributed by atoms with Gasteiger partial charge in [-0.25, -0.2) is 9.37 Å². The number of aryl methyl sites for hydroxylation is 3. The van der Waals surface area contributed by atoms with Crippen LogP contribution in [0, 0.1) is 26.6 Å². The van der Waals surface area contributed by atoms with Crippen LogP contribution in [0.25, 0.3) is 11.0 Å². The molecule has 0 aliphatic heterocycles. The van der Waals surface area contributed by atoms with Gasteiger partial charge in [0.1, 0.15) is 5.82 Å². The Labute approximate surface area is 143 Å². The molecule has 0 fully saturated rings. The van der Waals surface area contributed by atoms with E-state index in [-0.39, 0.29) is 11.7 Å². The lowest BCUT2D eigenvalue weighted by molar-refractivity contribution is -0.116. The first-order chi connectivity index (χ1) is 11.4. The van der Waals surface area contributed by atoms with Crippen molar-refractivity contribution in [2.45, 2.75) is 27.3 Å². The van der Waals surface area contributed by atoms with E-state index in [2.05, 4.69) is 10.3 Å². The maximum Gasteiger partial charge on any atom is 0.244 e. The molecule has 3 aromatic rings. The average molecular weight is 343 g/mol. The number of nitrogens with zero attached hydrogens (tertiary/aromatic N) is 2. The minimum absolute atomic E-state index is 0.196. The summed E-state index contributed by atoms with van der Waals surface area (Å²) < 4.78 is 15.2. The van der Waals surface area contributed by atoms with Crippen molar-refractivity contribution >= 4 is 28.3 Å². The molecule has 0 saturated carbocycles. The normalized spacial score (nSPS) is 11.5. The second-order valence-electron chi connectivity index (χ2n) is 5.71. The summed E-state index contributed by atoms with van der Waals surface area (Å²) in [5.74, 6) is -0.436. The number of amides is 1. The average Bonchev–Trinajstić information content (AvgIpc) is 3.01. The topological polar surface area (TPSA) is 46.4 Å². The van der Waals surface area contributed by atoms with Crippen molar-refractivity contribution in [2.75, 3.05) is 0 Å². The summed E-state index contributed by atoms with van der Waals surface area (Å²) >= 11 is 1.62. The molecule has 0 spiro atoms. The van der Waals surface area contributed by atoms with Crippen LogP contribution in [0.3, 0.4) is 0 Å². The van der Waals surface area contributed by atoms with E-state index in [0.717, 1.165) is 21.9 Å². The zero-order chi connectivity index (χ0) is 17.3. The number of carbonyl (C=O) groups is 1. The Morgan fingerprint density at radius 2 is 2.17 bits per heavy atom. The maximum atomic E-state index is 13.2. The van der Waals surface area contributed by atoms with Crippen LogP contribution in [0.15, 0.2) is 30.5 Å². The van der Waals surface area contributed by atoms with Gasteiger partial charge in [0.05, 0.1) is 11.4 Å². The fraction of sp³-hybridized carbons (Fsp3) is 0.222. The minimum Gasteiger partial charge on any atom is -0.348 e. The molecular formula is C18H18FN3OS. The molecule has 0 aliphatic rings. The van der Waals surface area contributed by atoms with Crippen molar-refractivity contribution < 1.29 is 9.18 Å². The molecule has 4 nitrogen and oxygen atoms in total. The number of carbonyl (C=O) groups excluding carboxylic acids is 1. The van der Waals surface area contributed by atoms with Gasteiger partial charge >= 0.3 is 0 Å². The number of hydrogen-bond acceptors (Lipinski definition) is 3. The number of hydrogen-bond donors (Lipinski definition) is 1. The number of fused-ring (bicyclic) bond motifs is 1. The molecule has 24 heavy (non-hydrogen) atoms. The van der Waals surface area contributed by atoms with Crippen molar-refractivity contribution in [1.29, 1.82) is 0 Å². The zero-order valence-corrected chi connectivity index (χ0v) is 14.6. The van der Waals surface area contributed by atoms with Crippen LogP contribution in [0.1, 0.15) is 27.4 Å². The number of thiazole rings is 1. The van der Waals surface area contributed by atoms with Gasteiger partial charge in [-0.05, 0) is 44.0 Å². The first-order valence-electron chi connectivity index (χ1n) is 7.60. The van der Waals surface area contributed by atoms with E-state index in [9.17, 15) is 9.18 Å². The van der Waals surface area contributed by atoms with Crippen molar-refractivity contribution in [3.05, 3.63) is 63.7 Å². The summed E-state index contributed by atoms with van der Waals surface area (Å²) in [6, 6.07) is 4.82. The highest BCUT2D eigenvalue weighted by Gasteiger charge is 2.09. The molecule has 0 aliphatic carbocycles. The summed E-state index contributed by atoms with van der Waals surface area (Å²) in [5.41, 5.74) is 3.23. The number of imidazole rings is 1. The first-order valence-corrected chi connectivity index (χ1v) is 8.41. The molecule has 6 heteroatoms. The Kier molecular flexibility index (Phi) is 4.49. The summed E-state index contributed by atoms with van der Waals surface area (Å²) in [4.78, 5) is 18.6. The lowest BCUT2D eigenvalue weighted by Gasteiger charge is -2.04. The number of nitrogens with one attached hydrogen (secondary N) is 1. The zero-order valence-electron chi connectivity index (χ0n) is 13.8. The van der Waals surface area contributed by atoms with E-state index < -0.39 is 0 Å². The monoisotopic (exact) mass is 343 g/mol. The third-order valence-corrected chi connectivity index (χ3v) is 4.64. The lowest BCUT2D eigenvalue weighted by atomic mass is 10.1. The second kappa shape index (κ2) is 6.57. The highest BCUT2D eigenvalue weighted by atomic mass is 32.1. The standard InChI is InChI=1S/C18H18FN3OS/c1-11-8-14(4-5-15(11)19)9-20-17(23)7-6-16-13(3)21-18-22(16)10-12(2)24-18/h4-8,10H,9H2,1-3H3,(H,20,23)/b7-6+. The summed E-state index contributed by atoms with van der Waals surface area (Å²) in [6.07, 6.45) is 5.28. The Morgan fingerprint density at radius 3 is 2.92 bits per heavy atom. The molecule has 1 amide bonds. The van der Waals surface area contributed by atoms with Crippen LogP contribution in [0.2, 0.25) is 0 Å². The van der Waals surface area contributed by atoms with Crippen molar-refractivity contribution in [3.8, 4) is 0 Å². The Morgan fingerprint density at radius 1 is 1.38 bits per heavy atom. The molecular weight excluding hydrogens is 325 g/mol. The minimum atomic E-state index is -0.240. The van der Waals surface area contributed by atoms with Gasteiger partial charge in [-0.1, -0.05) is 12.1 Å². The van der Waals surface area contributed by atoms with E-state index in [0.29, 0.717) is 12.1 Å². The third-order valence-electron chi connectivity index (χ3n) is 3.74. The van der Waals surface area contributed by atoms with Crippen molar-refractivity contribution in [2.24, 2.45) is 0 Å². The van der Waals surface area contributed by atoms with Crippen LogP contribution in [0.4, 0.5) is 4.39 Å². The summed E-state index contributed by atoms with van der Waals surface area (Å²) in [7, 11) is 0. The molecule has 0 saturated heterocycles. The van der Waals surface area contributed by atoms with Gasteiger partial charge < -0.3 is 5.32 Å². The van der Waals surface area contributed by atoms with Gasteiger partial charge in [-0.2, -0.15) is 0 Å². The highest BCUT2D eigenvalue weighted by Crippen LogP contribution is 2.21. The first kappa shape index (κ1) is 16.4. The molecule has 0 radical (unpaired) electrons. The van der Waals surface area contributed by atoms with Gasteiger partial charge in [0.25, 0.3) is 0 Å². The fourth-order valence-corrected chi connectivity index (χ4v) is 3.38. The number of rotatable bonds is 4. The molecule has 2 aromatic heterocycles. The second-order valence-corrected chi connectivity index (χ2v) is 6.92. The lowest BCUT2D eigenvalue weighted by Crippen LogP contribution is -2.20. The summed E-state index contributed by atoms with van der Waals surface area (Å²) in [5, 5.41) is 2.81. The largest absolute Gasteiger partial charge is 0.348 e. The molecule has 124 valence electrons. The summed E-state index contributed by atoms with van der Waals surface area (Å²) in [6.45, 7) is 6.02.